The summed E-state index contributed by atoms with van der Waals surface area (Å²) < 4.78 is 11.4. The van der Waals surface area contributed by atoms with E-state index in [0.717, 1.165) is 55.1 Å². The smallest absolute Gasteiger partial charge is 0.227 e. The van der Waals surface area contributed by atoms with Gasteiger partial charge in [0.15, 0.2) is 11.5 Å². The van der Waals surface area contributed by atoms with E-state index in [0.29, 0.717) is 13.2 Å². The zero-order valence-corrected chi connectivity index (χ0v) is 18.9. The molecule has 170 valence electrons. The van der Waals surface area contributed by atoms with Crippen LogP contribution in [0.1, 0.15) is 17.5 Å². The van der Waals surface area contributed by atoms with Crippen LogP contribution in [0, 0.1) is 5.41 Å². The number of likely N-dealkylation sites (tertiary alicyclic amines) is 1. The van der Waals surface area contributed by atoms with Crippen molar-refractivity contribution in [2.45, 2.75) is 19.4 Å². The molecule has 33 heavy (non-hydrogen) atoms. The fourth-order valence-corrected chi connectivity index (χ4v) is 4.95. The van der Waals surface area contributed by atoms with Gasteiger partial charge in [-0.15, -0.1) is 0 Å². The van der Waals surface area contributed by atoms with Gasteiger partial charge in [0.2, 0.25) is 5.91 Å². The summed E-state index contributed by atoms with van der Waals surface area (Å²) in [4.78, 5) is 19.6. The monoisotopic (exact) mass is 443 g/mol. The van der Waals surface area contributed by atoms with E-state index in [1.165, 1.54) is 11.1 Å². The molecular weight excluding hydrogens is 414 g/mol. The molecule has 6 nitrogen and oxygen atoms in total. The van der Waals surface area contributed by atoms with Gasteiger partial charge in [-0.2, -0.15) is 0 Å². The molecule has 1 N–H and O–H groups in total. The first kappa shape index (κ1) is 21.5. The van der Waals surface area contributed by atoms with Crippen LogP contribution in [0.5, 0.6) is 11.5 Å². The van der Waals surface area contributed by atoms with Gasteiger partial charge in [0, 0.05) is 32.5 Å². The van der Waals surface area contributed by atoms with Crippen molar-refractivity contribution in [2.75, 3.05) is 33.4 Å². The molecule has 1 amide bonds. The molecule has 2 aliphatic rings. The Morgan fingerprint density at radius 2 is 1.82 bits per heavy atom. The van der Waals surface area contributed by atoms with Crippen LogP contribution < -0.4 is 14.8 Å². The number of nitrogens with zero attached hydrogens (tertiary/aromatic N) is 2. The summed E-state index contributed by atoms with van der Waals surface area (Å²) in [5.41, 5.74) is 4.14. The van der Waals surface area contributed by atoms with Crippen molar-refractivity contribution < 1.29 is 14.3 Å². The minimum absolute atomic E-state index is 0.114. The lowest BCUT2D eigenvalue weighted by Crippen LogP contribution is -2.43. The van der Waals surface area contributed by atoms with Gasteiger partial charge >= 0.3 is 0 Å². The van der Waals surface area contributed by atoms with E-state index in [2.05, 4.69) is 57.7 Å². The Labute approximate surface area is 194 Å². The van der Waals surface area contributed by atoms with Crippen molar-refractivity contribution in [1.29, 1.82) is 0 Å². The summed E-state index contributed by atoms with van der Waals surface area (Å²) in [7, 11) is 1.74. The van der Waals surface area contributed by atoms with Crippen molar-refractivity contribution in [3.63, 3.8) is 0 Å². The van der Waals surface area contributed by atoms with E-state index in [1.807, 2.05) is 18.3 Å². The average Bonchev–Trinajstić information content (AvgIpc) is 3.27. The van der Waals surface area contributed by atoms with Gasteiger partial charge in [0.1, 0.15) is 13.2 Å². The maximum absolute atomic E-state index is 13.0. The lowest BCUT2D eigenvalue weighted by molar-refractivity contribution is -0.130. The van der Waals surface area contributed by atoms with Gasteiger partial charge in [-0.3, -0.25) is 14.7 Å². The number of carbonyl (C=O) groups is 1. The molecule has 0 bridgehead atoms. The maximum atomic E-state index is 13.0. The summed E-state index contributed by atoms with van der Waals surface area (Å²) in [6.45, 7) is 3.58. The molecule has 1 fully saturated rings. The molecule has 1 saturated heterocycles. The Hall–Kier alpha value is -3.38. The normalized spacial score (nSPS) is 19.9. The van der Waals surface area contributed by atoms with Crippen molar-refractivity contribution in [1.82, 2.24) is 15.2 Å². The summed E-state index contributed by atoms with van der Waals surface area (Å²) >= 11 is 0. The molecule has 6 heteroatoms. The number of nitrogens with one attached hydrogen (secondary N) is 1. The SMILES string of the molecule is CNC(=O)C1(Cc2ccc(-c3cccnc3)cc2)CCN(Cc2ccc3c(c2)OCCO3)C1. The van der Waals surface area contributed by atoms with Crippen LogP contribution in [-0.2, 0) is 17.8 Å². The molecule has 1 aromatic heterocycles. The summed E-state index contributed by atoms with van der Waals surface area (Å²) in [6, 6.07) is 18.6. The topological polar surface area (TPSA) is 63.7 Å². The standard InChI is InChI=1S/C27H29N3O3/c1-28-26(31)27(16-20-4-7-22(8-5-20)23-3-2-11-29-17-23)10-12-30(19-27)18-21-6-9-24-25(15-21)33-14-13-32-24/h2-9,11,15,17H,10,12-14,16,18-19H2,1H3,(H,28,31). The predicted molar refractivity (Wildman–Crippen MR) is 127 cm³/mol. The molecule has 3 heterocycles. The van der Waals surface area contributed by atoms with Crippen LogP contribution >= 0.6 is 0 Å². The van der Waals surface area contributed by atoms with Crippen LogP contribution in [0.15, 0.2) is 67.0 Å². The molecule has 3 aromatic rings. The maximum Gasteiger partial charge on any atom is 0.227 e. The van der Waals surface area contributed by atoms with Crippen molar-refractivity contribution in [3.8, 4) is 22.6 Å². The van der Waals surface area contributed by atoms with Crippen LogP contribution in [0.25, 0.3) is 11.1 Å². The Morgan fingerprint density at radius 3 is 2.58 bits per heavy atom. The van der Waals surface area contributed by atoms with E-state index in [9.17, 15) is 4.79 Å². The molecular formula is C27H29N3O3. The summed E-state index contributed by atoms with van der Waals surface area (Å²) in [6.07, 6.45) is 5.20. The number of hydrogen-bond acceptors (Lipinski definition) is 5. The van der Waals surface area contributed by atoms with Crippen molar-refractivity contribution in [2.24, 2.45) is 5.41 Å². The number of pyridine rings is 1. The number of amides is 1. The van der Waals surface area contributed by atoms with E-state index in [4.69, 9.17) is 9.47 Å². The quantitative estimate of drug-likeness (QED) is 0.629. The second kappa shape index (κ2) is 9.24. The molecule has 0 radical (unpaired) electrons. The Bertz CT molecular complexity index is 1120. The minimum Gasteiger partial charge on any atom is -0.486 e. The number of ether oxygens (including phenoxy) is 2. The predicted octanol–water partition coefficient (Wildman–Crippen LogP) is 3.70. The third-order valence-corrected chi connectivity index (χ3v) is 6.65. The molecule has 0 saturated carbocycles. The van der Waals surface area contributed by atoms with E-state index >= 15 is 0 Å². The Balaban J connectivity index is 1.30. The van der Waals surface area contributed by atoms with Gasteiger partial charge in [-0.25, -0.2) is 0 Å². The number of rotatable bonds is 6. The largest absolute Gasteiger partial charge is 0.486 e. The van der Waals surface area contributed by atoms with Gasteiger partial charge < -0.3 is 14.8 Å². The minimum atomic E-state index is -0.432. The second-order valence-electron chi connectivity index (χ2n) is 8.91. The highest BCUT2D eigenvalue weighted by Gasteiger charge is 2.44. The highest BCUT2D eigenvalue weighted by molar-refractivity contribution is 5.83. The van der Waals surface area contributed by atoms with Crippen molar-refractivity contribution >= 4 is 5.91 Å². The lowest BCUT2D eigenvalue weighted by Gasteiger charge is -2.28. The number of hydrogen-bond donors (Lipinski definition) is 1. The first-order chi connectivity index (χ1) is 16.1. The highest BCUT2D eigenvalue weighted by Crippen LogP contribution is 2.37. The van der Waals surface area contributed by atoms with Crippen LogP contribution in [0.2, 0.25) is 0 Å². The van der Waals surface area contributed by atoms with E-state index in [-0.39, 0.29) is 5.91 Å². The molecule has 0 aliphatic carbocycles. The van der Waals surface area contributed by atoms with Crippen LogP contribution in [0.3, 0.4) is 0 Å². The fourth-order valence-electron chi connectivity index (χ4n) is 4.95. The van der Waals surface area contributed by atoms with E-state index < -0.39 is 5.41 Å². The van der Waals surface area contributed by atoms with Gasteiger partial charge in [0.25, 0.3) is 0 Å². The Kier molecular flexibility index (Phi) is 6.01. The first-order valence-electron chi connectivity index (χ1n) is 11.5. The van der Waals surface area contributed by atoms with Crippen LogP contribution in [-0.4, -0.2) is 49.1 Å². The molecule has 2 aromatic carbocycles. The lowest BCUT2D eigenvalue weighted by atomic mass is 9.79. The number of carbonyl (C=O) groups excluding carboxylic acids is 1. The zero-order valence-electron chi connectivity index (χ0n) is 18.9. The number of benzene rings is 2. The number of fused-ring (bicyclic) bond motifs is 1. The summed E-state index contributed by atoms with van der Waals surface area (Å²) in [5.74, 6) is 1.73. The van der Waals surface area contributed by atoms with Crippen molar-refractivity contribution in [3.05, 3.63) is 78.1 Å². The fraction of sp³-hybridized carbons (Fsp3) is 0.333. The zero-order chi connectivity index (χ0) is 22.7. The second-order valence-corrected chi connectivity index (χ2v) is 8.91. The average molecular weight is 444 g/mol. The molecule has 0 spiro atoms. The molecule has 2 aliphatic heterocycles. The number of aromatic nitrogens is 1. The summed E-state index contributed by atoms with van der Waals surface area (Å²) in [5, 5.41) is 2.92. The van der Waals surface area contributed by atoms with Gasteiger partial charge in [0.05, 0.1) is 5.41 Å². The molecule has 5 rings (SSSR count). The molecule has 1 atom stereocenters. The van der Waals surface area contributed by atoms with Crippen LogP contribution in [0.4, 0.5) is 0 Å². The third kappa shape index (κ3) is 4.57. The van der Waals surface area contributed by atoms with Gasteiger partial charge in [-0.05, 0) is 59.8 Å². The Morgan fingerprint density at radius 1 is 1.03 bits per heavy atom. The molecule has 1 unspecified atom stereocenters. The highest BCUT2D eigenvalue weighted by atomic mass is 16.6. The third-order valence-electron chi connectivity index (χ3n) is 6.65. The first-order valence-corrected chi connectivity index (χ1v) is 11.5. The van der Waals surface area contributed by atoms with Gasteiger partial charge in [-0.1, -0.05) is 36.4 Å². The van der Waals surface area contributed by atoms with E-state index in [1.54, 1.807) is 13.2 Å².